The lowest BCUT2D eigenvalue weighted by molar-refractivity contribution is -0.0251. The molecule has 88 valence electrons. The summed E-state index contributed by atoms with van der Waals surface area (Å²) in [7, 11) is 0. The normalized spacial score (nSPS) is 38.4. The zero-order chi connectivity index (χ0) is 10.7. The molecule has 1 saturated heterocycles. The molecule has 1 unspecified atom stereocenters. The first-order valence-electron chi connectivity index (χ1n) is 6.35. The van der Waals surface area contributed by atoms with Crippen molar-refractivity contribution >= 4 is 0 Å². The SMILES string of the molecule is CCOC1CCCN([C@H]2CCC[C@@H]2O)C1. The van der Waals surface area contributed by atoms with Crippen molar-refractivity contribution < 1.29 is 9.84 Å². The van der Waals surface area contributed by atoms with Crippen molar-refractivity contribution in [3.05, 3.63) is 0 Å². The topological polar surface area (TPSA) is 32.7 Å². The number of likely N-dealkylation sites (tertiary alicyclic amines) is 1. The Bertz CT molecular complexity index is 196. The van der Waals surface area contributed by atoms with E-state index in [2.05, 4.69) is 11.8 Å². The molecular weight excluding hydrogens is 190 g/mol. The summed E-state index contributed by atoms with van der Waals surface area (Å²) in [6.45, 7) is 5.04. The average molecular weight is 213 g/mol. The van der Waals surface area contributed by atoms with E-state index >= 15 is 0 Å². The summed E-state index contributed by atoms with van der Waals surface area (Å²) >= 11 is 0. The molecule has 1 aliphatic heterocycles. The van der Waals surface area contributed by atoms with Crippen molar-refractivity contribution in [3.63, 3.8) is 0 Å². The maximum absolute atomic E-state index is 9.87. The van der Waals surface area contributed by atoms with E-state index < -0.39 is 0 Å². The summed E-state index contributed by atoms with van der Waals surface area (Å²) in [5.41, 5.74) is 0. The zero-order valence-corrected chi connectivity index (χ0v) is 9.69. The van der Waals surface area contributed by atoms with Crippen LogP contribution in [0.2, 0.25) is 0 Å². The smallest absolute Gasteiger partial charge is 0.0702 e. The predicted molar refractivity (Wildman–Crippen MR) is 59.9 cm³/mol. The predicted octanol–water partition coefficient (Wildman–Crippen LogP) is 1.40. The van der Waals surface area contributed by atoms with Gasteiger partial charge in [-0.1, -0.05) is 0 Å². The van der Waals surface area contributed by atoms with Crippen LogP contribution in [0.15, 0.2) is 0 Å². The minimum absolute atomic E-state index is 0.0922. The molecule has 0 radical (unpaired) electrons. The quantitative estimate of drug-likeness (QED) is 0.769. The maximum atomic E-state index is 9.87. The van der Waals surface area contributed by atoms with Gasteiger partial charge in [-0.2, -0.15) is 0 Å². The highest BCUT2D eigenvalue weighted by atomic mass is 16.5. The second-order valence-electron chi connectivity index (χ2n) is 4.78. The number of piperidine rings is 1. The fourth-order valence-corrected chi connectivity index (χ4v) is 2.99. The minimum Gasteiger partial charge on any atom is -0.391 e. The van der Waals surface area contributed by atoms with Crippen LogP contribution in [0.4, 0.5) is 0 Å². The van der Waals surface area contributed by atoms with Gasteiger partial charge in [0.2, 0.25) is 0 Å². The van der Waals surface area contributed by atoms with Crippen molar-refractivity contribution in [2.24, 2.45) is 0 Å². The van der Waals surface area contributed by atoms with Gasteiger partial charge in [-0.3, -0.25) is 4.90 Å². The van der Waals surface area contributed by atoms with E-state index in [1.165, 1.54) is 25.7 Å². The van der Waals surface area contributed by atoms with Crippen LogP contribution in [0, 0.1) is 0 Å². The molecule has 0 bridgehead atoms. The number of ether oxygens (including phenoxy) is 1. The Labute approximate surface area is 92.4 Å². The van der Waals surface area contributed by atoms with Crippen LogP contribution in [0.1, 0.15) is 39.0 Å². The Morgan fingerprint density at radius 3 is 2.80 bits per heavy atom. The van der Waals surface area contributed by atoms with E-state index in [0.717, 1.165) is 26.1 Å². The van der Waals surface area contributed by atoms with Gasteiger partial charge in [0.05, 0.1) is 12.2 Å². The highest BCUT2D eigenvalue weighted by Crippen LogP contribution is 2.27. The van der Waals surface area contributed by atoms with Crippen molar-refractivity contribution in [2.45, 2.75) is 57.3 Å². The second-order valence-corrected chi connectivity index (χ2v) is 4.78. The number of aliphatic hydroxyl groups excluding tert-OH is 1. The van der Waals surface area contributed by atoms with Crippen LogP contribution in [0.3, 0.4) is 0 Å². The fourth-order valence-electron chi connectivity index (χ4n) is 2.99. The van der Waals surface area contributed by atoms with Gasteiger partial charge < -0.3 is 9.84 Å². The first-order valence-corrected chi connectivity index (χ1v) is 6.35. The molecule has 1 aliphatic carbocycles. The Morgan fingerprint density at radius 1 is 1.27 bits per heavy atom. The van der Waals surface area contributed by atoms with E-state index in [1.54, 1.807) is 0 Å². The summed E-state index contributed by atoms with van der Waals surface area (Å²) in [5, 5.41) is 9.87. The summed E-state index contributed by atoms with van der Waals surface area (Å²) in [6, 6.07) is 0.410. The van der Waals surface area contributed by atoms with Gasteiger partial charge in [0.1, 0.15) is 0 Å². The standard InChI is InChI=1S/C12H23NO2/c1-2-15-10-5-4-8-13(9-10)11-6-3-7-12(11)14/h10-12,14H,2-9H2,1H3/t10?,11-,12-/m0/s1. The van der Waals surface area contributed by atoms with Gasteiger partial charge in [-0.15, -0.1) is 0 Å². The van der Waals surface area contributed by atoms with Gasteiger partial charge in [-0.05, 0) is 45.6 Å². The van der Waals surface area contributed by atoms with E-state index in [-0.39, 0.29) is 6.10 Å². The molecule has 0 amide bonds. The van der Waals surface area contributed by atoms with Gasteiger partial charge in [-0.25, -0.2) is 0 Å². The number of hydrogen-bond donors (Lipinski definition) is 1. The first-order chi connectivity index (χ1) is 7.31. The largest absolute Gasteiger partial charge is 0.391 e. The van der Waals surface area contributed by atoms with Crippen LogP contribution < -0.4 is 0 Å². The fraction of sp³-hybridized carbons (Fsp3) is 1.00. The number of nitrogens with zero attached hydrogens (tertiary/aromatic N) is 1. The van der Waals surface area contributed by atoms with Crippen LogP contribution in [-0.2, 0) is 4.74 Å². The minimum atomic E-state index is -0.0922. The van der Waals surface area contributed by atoms with Crippen molar-refractivity contribution in [1.29, 1.82) is 0 Å². The molecule has 2 rings (SSSR count). The molecule has 2 fully saturated rings. The molecule has 15 heavy (non-hydrogen) atoms. The van der Waals surface area contributed by atoms with Crippen LogP contribution >= 0.6 is 0 Å². The van der Waals surface area contributed by atoms with E-state index in [0.29, 0.717) is 12.1 Å². The molecule has 2 aliphatic rings. The second kappa shape index (κ2) is 5.28. The van der Waals surface area contributed by atoms with E-state index in [9.17, 15) is 5.11 Å². The lowest BCUT2D eigenvalue weighted by Crippen LogP contribution is -2.48. The molecule has 1 N–H and O–H groups in total. The third-order valence-electron chi connectivity index (χ3n) is 3.72. The van der Waals surface area contributed by atoms with Crippen molar-refractivity contribution in [1.82, 2.24) is 4.90 Å². The third-order valence-corrected chi connectivity index (χ3v) is 3.72. The molecule has 3 atom stereocenters. The Balaban J connectivity index is 1.86. The molecule has 3 nitrogen and oxygen atoms in total. The highest BCUT2D eigenvalue weighted by Gasteiger charge is 2.33. The van der Waals surface area contributed by atoms with E-state index in [1.807, 2.05) is 0 Å². The van der Waals surface area contributed by atoms with E-state index in [4.69, 9.17) is 4.74 Å². The third kappa shape index (κ3) is 2.71. The molecule has 0 spiro atoms. The lowest BCUT2D eigenvalue weighted by atomic mass is 10.0. The van der Waals surface area contributed by atoms with Crippen LogP contribution in [-0.4, -0.2) is 48.0 Å². The zero-order valence-electron chi connectivity index (χ0n) is 9.69. The molecule has 3 heteroatoms. The summed E-state index contributed by atoms with van der Waals surface area (Å²) in [5.74, 6) is 0. The summed E-state index contributed by atoms with van der Waals surface area (Å²) in [4.78, 5) is 2.45. The Hall–Kier alpha value is -0.120. The monoisotopic (exact) mass is 213 g/mol. The van der Waals surface area contributed by atoms with Gasteiger partial charge >= 0.3 is 0 Å². The molecule has 0 aromatic heterocycles. The van der Waals surface area contributed by atoms with Crippen molar-refractivity contribution in [2.75, 3.05) is 19.7 Å². The van der Waals surface area contributed by atoms with Gasteiger partial charge in [0.15, 0.2) is 0 Å². The molecule has 1 heterocycles. The molecule has 0 aromatic carbocycles. The van der Waals surface area contributed by atoms with Gasteiger partial charge in [0, 0.05) is 19.2 Å². The Morgan fingerprint density at radius 2 is 2.13 bits per heavy atom. The van der Waals surface area contributed by atoms with Gasteiger partial charge in [0.25, 0.3) is 0 Å². The summed E-state index contributed by atoms with van der Waals surface area (Å²) < 4.78 is 5.68. The lowest BCUT2D eigenvalue weighted by Gasteiger charge is -2.37. The number of hydrogen-bond acceptors (Lipinski definition) is 3. The van der Waals surface area contributed by atoms with Crippen molar-refractivity contribution in [3.8, 4) is 0 Å². The maximum Gasteiger partial charge on any atom is 0.0702 e. The Kier molecular flexibility index (Phi) is 4.00. The average Bonchev–Trinajstić information content (AvgIpc) is 2.65. The molecule has 0 aromatic rings. The highest BCUT2D eigenvalue weighted by molar-refractivity contribution is 4.88. The number of rotatable bonds is 3. The summed E-state index contributed by atoms with van der Waals surface area (Å²) in [6.07, 6.45) is 6.05. The molecular formula is C12H23NO2. The number of aliphatic hydroxyl groups is 1. The van der Waals surface area contributed by atoms with Crippen LogP contribution in [0.25, 0.3) is 0 Å². The first kappa shape index (κ1) is 11.4. The molecule has 1 saturated carbocycles. The van der Waals surface area contributed by atoms with Crippen LogP contribution in [0.5, 0.6) is 0 Å².